The minimum atomic E-state index is -0.460. The average molecular weight is 218 g/mol. The Hall–Kier alpha value is -0.820. The van der Waals surface area contributed by atoms with E-state index in [9.17, 15) is 5.11 Å². The van der Waals surface area contributed by atoms with E-state index in [-0.39, 0.29) is 0 Å². The quantitative estimate of drug-likeness (QED) is 0.825. The van der Waals surface area contributed by atoms with Gasteiger partial charge < -0.3 is 5.11 Å². The van der Waals surface area contributed by atoms with Gasteiger partial charge in [0.15, 0.2) is 0 Å². The molecule has 88 valence electrons. The van der Waals surface area contributed by atoms with Crippen molar-refractivity contribution in [2.75, 3.05) is 0 Å². The Bertz CT molecular complexity index is 354. The molecule has 1 heteroatoms. The second-order valence-electron chi connectivity index (χ2n) is 5.06. The molecule has 0 saturated heterocycles. The molecular formula is C15H22O. The van der Waals surface area contributed by atoms with E-state index in [4.69, 9.17) is 0 Å². The molecule has 0 heterocycles. The SMILES string of the molecule is CCC(CC)C1(O)CCc2ccccc2C1. The molecule has 0 spiro atoms. The van der Waals surface area contributed by atoms with E-state index >= 15 is 0 Å². The van der Waals surface area contributed by atoms with Crippen molar-refractivity contribution < 1.29 is 5.11 Å². The normalized spacial score (nSPS) is 24.5. The summed E-state index contributed by atoms with van der Waals surface area (Å²) in [6, 6.07) is 8.54. The predicted octanol–water partition coefficient (Wildman–Crippen LogP) is 3.34. The van der Waals surface area contributed by atoms with Gasteiger partial charge in [0.05, 0.1) is 5.60 Å². The lowest BCUT2D eigenvalue weighted by molar-refractivity contribution is -0.0336. The van der Waals surface area contributed by atoms with Crippen molar-refractivity contribution in [3.8, 4) is 0 Å². The second kappa shape index (κ2) is 4.58. The summed E-state index contributed by atoms with van der Waals surface area (Å²) in [7, 11) is 0. The van der Waals surface area contributed by atoms with Gasteiger partial charge in [-0.1, -0.05) is 51.0 Å². The highest BCUT2D eigenvalue weighted by molar-refractivity contribution is 5.31. The molecule has 1 unspecified atom stereocenters. The summed E-state index contributed by atoms with van der Waals surface area (Å²) in [6.45, 7) is 4.37. The highest BCUT2D eigenvalue weighted by atomic mass is 16.3. The van der Waals surface area contributed by atoms with E-state index in [1.54, 1.807) is 0 Å². The van der Waals surface area contributed by atoms with Crippen LogP contribution in [0.1, 0.15) is 44.2 Å². The van der Waals surface area contributed by atoms with Crippen LogP contribution in [-0.2, 0) is 12.8 Å². The Morgan fingerprint density at radius 1 is 1.19 bits per heavy atom. The fourth-order valence-electron chi connectivity index (χ4n) is 3.14. The molecule has 0 aromatic heterocycles. The van der Waals surface area contributed by atoms with Gasteiger partial charge in [-0.05, 0) is 29.9 Å². The molecule has 1 aliphatic carbocycles. The molecule has 1 aliphatic rings. The van der Waals surface area contributed by atoms with Crippen molar-refractivity contribution in [3.05, 3.63) is 35.4 Å². The summed E-state index contributed by atoms with van der Waals surface area (Å²) in [6.07, 6.45) is 4.96. The summed E-state index contributed by atoms with van der Waals surface area (Å²) in [4.78, 5) is 0. The maximum absolute atomic E-state index is 10.8. The molecular weight excluding hydrogens is 196 g/mol. The summed E-state index contributed by atoms with van der Waals surface area (Å²) >= 11 is 0. The monoisotopic (exact) mass is 218 g/mol. The van der Waals surface area contributed by atoms with Gasteiger partial charge >= 0.3 is 0 Å². The number of rotatable bonds is 3. The van der Waals surface area contributed by atoms with E-state index in [0.717, 1.165) is 32.1 Å². The Morgan fingerprint density at radius 3 is 2.44 bits per heavy atom. The molecule has 2 rings (SSSR count). The van der Waals surface area contributed by atoms with Gasteiger partial charge in [-0.15, -0.1) is 0 Å². The highest BCUT2D eigenvalue weighted by Gasteiger charge is 2.37. The standard InChI is InChI=1S/C15H22O/c1-3-14(4-2)15(16)10-9-12-7-5-6-8-13(12)11-15/h5-8,14,16H,3-4,9-11H2,1-2H3. The molecule has 1 nitrogen and oxygen atoms in total. The van der Waals surface area contributed by atoms with Crippen LogP contribution in [0.25, 0.3) is 0 Å². The molecule has 0 fully saturated rings. The zero-order chi connectivity index (χ0) is 11.6. The van der Waals surface area contributed by atoms with Crippen LogP contribution in [0.4, 0.5) is 0 Å². The first kappa shape index (κ1) is 11.7. The van der Waals surface area contributed by atoms with E-state index in [2.05, 4.69) is 38.1 Å². The van der Waals surface area contributed by atoms with Crippen molar-refractivity contribution in [2.24, 2.45) is 5.92 Å². The van der Waals surface area contributed by atoms with Crippen molar-refractivity contribution >= 4 is 0 Å². The third-order valence-electron chi connectivity index (χ3n) is 4.19. The Kier molecular flexibility index (Phi) is 3.34. The average Bonchev–Trinajstić information content (AvgIpc) is 2.30. The first-order chi connectivity index (χ1) is 7.69. The van der Waals surface area contributed by atoms with Gasteiger partial charge in [-0.2, -0.15) is 0 Å². The molecule has 0 aliphatic heterocycles. The number of hydrogen-bond acceptors (Lipinski definition) is 1. The molecule has 0 bridgehead atoms. The summed E-state index contributed by atoms with van der Waals surface area (Å²) in [5.74, 6) is 0.445. The third-order valence-corrected chi connectivity index (χ3v) is 4.19. The maximum Gasteiger partial charge on any atom is 0.0719 e. The van der Waals surface area contributed by atoms with Crippen LogP contribution in [0.5, 0.6) is 0 Å². The van der Waals surface area contributed by atoms with Crippen molar-refractivity contribution in [2.45, 2.75) is 51.6 Å². The zero-order valence-corrected chi connectivity index (χ0v) is 10.4. The lowest BCUT2D eigenvalue weighted by Crippen LogP contribution is -2.42. The van der Waals surface area contributed by atoms with Gasteiger partial charge in [0.2, 0.25) is 0 Å². The minimum absolute atomic E-state index is 0.445. The van der Waals surface area contributed by atoms with Crippen LogP contribution in [0.2, 0.25) is 0 Å². The van der Waals surface area contributed by atoms with Crippen molar-refractivity contribution in [1.29, 1.82) is 0 Å². The smallest absolute Gasteiger partial charge is 0.0719 e. The Labute approximate surface area is 98.5 Å². The molecule has 1 N–H and O–H groups in total. The van der Waals surface area contributed by atoms with Crippen LogP contribution >= 0.6 is 0 Å². The molecule has 0 radical (unpaired) electrons. The largest absolute Gasteiger partial charge is 0.389 e. The zero-order valence-electron chi connectivity index (χ0n) is 10.4. The molecule has 16 heavy (non-hydrogen) atoms. The van der Waals surface area contributed by atoms with E-state index < -0.39 is 5.60 Å². The maximum atomic E-state index is 10.8. The van der Waals surface area contributed by atoms with Crippen molar-refractivity contribution in [3.63, 3.8) is 0 Å². The van der Waals surface area contributed by atoms with E-state index in [1.165, 1.54) is 11.1 Å². The Morgan fingerprint density at radius 2 is 1.81 bits per heavy atom. The van der Waals surface area contributed by atoms with E-state index in [0.29, 0.717) is 5.92 Å². The number of fused-ring (bicyclic) bond motifs is 1. The number of aliphatic hydroxyl groups is 1. The first-order valence-electron chi connectivity index (χ1n) is 6.48. The fraction of sp³-hybridized carbons (Fsp3) is 0.600. The van der Waals surface area contributed by atoms with Gasteiger partial charge in [0.1, 0.15) is 0 Å². The fourth-order valence-corrected chi connectivity index (χ4v) is 3.14. The molecule has 0 saturated carbocycles. The topological polar surface area (TPSA) is 20.2 Å². The Balaban J connectivity index is 2.23. The molecule has 1 aromatic carbocycles. The van der Waals surface area contributed by atoms with Gasteiger partial charge in [0.25, 0.3) is 0 Å². The van der Waals surface area contributed by atoms with Crippen LogP contribution in [0.15, 0.2) is 24.3 Å². The number of benzene rings is 1. The first-order valence-corrected chi connectivity index (χ1v) is 6.48. The van der Waals surface area contributed by atoms with Gasteiger partial charge in [-0.3, -0.25) is 0 Å². The summed E-state index contributed by atoms with van der Waals surface area (Å²) < 4.78 is 0. The summed E-state index contributed by atoms with van der Waals surface area (Å²) in [5, 5.41) is 10.8. The lowest BCUT2D eigenvalue weighted by Gasteiger charge is -2.39. The van der Waals surface area contributed by atoms with Gasteiger partial charge in [-0.25, -0.2) is 0 Å². The van der Waals surface area contributed by atoms with Crippen LogP contribution in [0.3, 0.4) is 0 Å². The highest BCUT2D eigenvalue weighted by Crippen LogP contribution is 2.36. The molecule has 1 atom stereocenters. The van der Waals surface area contributed by atoms with Crippen LogP contribution < -0.4 is 0 Å². The van der Waals surface area contributed by atoms with Crippen LogP contribution in [0, 0.1) is 5.92 Å². The lowest BCUT2D eigenvalue weighted by atomic mass is 9.71. The second-order valence-corrected chi connectivity index (χ2v) is 5.06. The van der Waals surface area contributed by atoms with Crippen LogP contribution in [-0.4, -0.2) is 10.7 Å². The molecule has 1 aromatic rings. The predicted molar refractivity (Wildman–Crippen MR) is 67.5 cm³/mol. The van der Waals surface area contributed by atoms with Gasteiger partial charge in [0, 0.05) is 6.42 Å². The summed E-state index contributed by atoms with van der Waals surface area (Å²) in [5.41, 5.74) is 2.32. The van der Waals surface area contributed by atoms with Crippen molar-refractivity contribution in [1.82, 2.24) is 0 Å². The third kappa shape index (κ3) is 2.01. The minimum Gasteiger partial charge on any atom is -0.389 e. The molecule has 0 amide bonds. The number of hydrogen-bond donors (Lipinski definition) is 1. The number of aryl methyl sites for hydroxylation is 1. The van der Waals surface area contributed by atoms with E-state index in [1.807, 2.05) is 0 Å².